The molecule has 4 bridgehead atoms. The van der Waals surface area contributed by atoms with Gasteiger partial charge in [-0.1, -0.05) is 42.5 Å². The molecule has 0 aromatic heterocycles. The van der Waals surface area contributed by atoms with Crippen LogP contribution in [0.2, 0.25) is 0 Å². The van der Waals surface area contributed by atoms with Gasteiger partial charge < -0.3 is 18.9 Å². The highest BCUT2D eigenvalue weighted by atomic mass is 32.2. The van der Waals surface area contributed by atoms with Gasteiger partial charge in [-0.3, -0.25) is 0 Å². The number of para-hydroxylation sites is 2. The predicted molar refractivity (Wildman–Crippen MR) is 178 cm³/mol. The number of ether oxygens (including phenoxy) is 4. The minimum absolute atomic E-state index is 0.0840. The minimum Gasteiger partial charge on any atom is -0.488 e. The third-order valence-corrected chi connectivity index (χ3v) is 15.9. The van der Waals surface area contributed by atoms with Crippen molar-refractivity contribution in [2.75, 3.05) is 13.2 Å². The van der Waals surface area contributed by atoms with Gasteiger partial charge in [0.25, 0.3) is 11.2 Å². The standard InChI is InChI=1S/C40H35F12O4S/c41-37(42,43)35(38(44,45)46)29-22-14-16-33(18-22,31(29)55-35)20-53-25-10-4-6-12-27(25)57(24-8-2-1-3-9-24)28-13-7-5-11-26(28)54-21-34-17-15-23(19-34)30-32(34)56-36(30,39(47,48)49)40(50,51)52/h1-13,22-23,29-32H,14-21H2/q+1. The van der Waals surface area contributed by atoms with Crippen LogP contribution in [0.4, 0.5) is 52.7 Å². The van der Waals surface area contributed by atoms with Gasteiger partial charge in [-0.15, -0.1) is 0 Å². The van der Waals surface area contributed by atoms with Crippen molar-refractivity contribution in [1.29, 1.82) is 0 Å². The summed E-state index contributed by atoms with van der Waals surface area (Å²) < 4.78 is 191. The second kappa shape index (κ2) is 12.6. The first kappa shape index (κ1) is 39.2. The molecule has 8 atom stereocenters. The smallest absolute Gasteiger partial charge is 0.426 e. The van der Waals surface area contributed by atoms with Crippen molar-refractivity contribution in [2.45, 2.75) is 101 Å². The Balaban J connectivity index is 0.997. The highest BCUT2D eigenvalue weighted by Gasteiger charge is 2.89. The number of hydrogen-bond donors (Lipinski definition) is 0. The highest BCUT2D eigenvalue weighted by Crippen LogP contribution is 2.74. The van der Waals surface area contributed by atoms with E-state index in [-0.39, 0.29) is 38.9 Å². The Bertz CT molecular complexity index is 1870. The molecule has 0 amide bonds. The monoisotopic (exact) mass is 839 g/mol. The molecule has 2 saturated heterocycles. The van der Waals surface area contributed by atoms with Crippen LogP contribution in [0.1, 0.15) is 38.5 Å². The topological polar surface area (TPSA) is 36.9 Å². The van der Waals surface area contributed by atoms with Gasteiger partial charge in [0.1, 0.15) is 10.9 Å². The lowest BCUT2D eigenvalue weighted by Crippen LogP contribution is -2.77. The van der Waals surface area contributed by atoms with Crippen molar-refractivity contribution in [1.82, 2.24) is 0 Å². The summed E-state index contributed by atoms with van der Waals surface area (Å²) in [5, 5.41) is 0. The third-order valence-electron chi connectivity index (χ3n) is 13.6. The van der Waals surface area contributed by atoms with Gasteiger partial charge in [-0.2, -0.15) is 52.7 Å². The van der Waals surface area contributed by atoms with Crippen LogP contribution in [0, 0.1) is 34.5 Å². The van der Waals surface area contributed by atoms with Crippen molar-refractivity contribution >= 4 is 10.9 Å². The summed E-state index contributed by atoms with van der Waals surface area (Å²) >= 11 is 0. The second-order valence-corrected chi connectivity index (χ2v) is 18.4. The normalized spacial score (nSPS) is 33.9. The van der Waals surface area contributed by atoms with E-state index in [2.05, 4.69) is 0 Å². The molecule has 4 saturated carbocycles. The van der Waals surface area contributed by atoms with Crippen LogP contribution in [0.5, 0.6) is 11.5 Å². The van der Waals surface area contributed by atoms with Gasteiger partial charge in [0.05, 0.1) is 25.4 Å². The van der Waals surface area contributed by atoms with Gasteiger partial charge in [-0.05, 0) is 86.8 Å². The van der Waals surface area contributed by atoms with Crippen LogP contribution < -0.4 is 9.47 Å². The molecule has 2 aliphatic heterocycles. The maximum atomic E-state index is 14.1. The number of rotatable bonds is 9. The van der Waals surface area contributed by atoms with Crippen LogP contribution in [0.15, 0.2) is 93.5 Å². The molecule has 308 valence electrons. The van der Waals surface area contributed by atoms with E-state index in [0.717, 1.165) is 4.90 Å². The fourth-order valence-electron chi connectivity index (χ4n) is 11.3. The molecule has 3 aromatic carbocycles. The molecule has 17 heteroatoms. The van der Waals surface area contributed by atoms with E-state index in [4.69, 9.17) is 18.9 Å². The summed E-state index contributed by atoms with van der Waals surface area (Å²) in [6, 6.07) is 22.9. The van der Waals surface area contributed by atoms with E-state index in [1.54, 1.807) is 66.7 Å². The molecule has 6 fully saturated rings. The van der Waals surface area contributed by atoms with E-state index < -0.39 is 93.5 Å². The van der Waals surface area contributed by atoms with E-state index in [0.29, 0.717) is 34.1 Å². The lowest BCUT2D eigenvalue weighted by Gasteiger charge is -2.59. The van der Waals surface area contributed by atoms with Crippen LogP contribution in [0.3, 0.4) is 0 Å². The summed E-state index contributed by atoms with van der Waals surface area (Å²) in [5.41, 5.74) is -10.6. The highest BCUT2D eigenvalue weighted by molar-refractivity contribution is 7.97. The first-order valence-electron chi connectivity index (χ1n) is 18.6. The minimum atomic E-state index is -5.65. The van der Waals surface area contributed by atoms with Gasteiger partial charge in [0, 0.05) is 22.7 Å². The second-order valence-electron chi connectivity index (χ2n) is 16.4. The molecule has 0 N–H and O–H groups in total. The molecular weight excluding hydrogens is 804 g/mol. The average molecular weight is 840 g/mol. The summed E-state index contributed by atoms with van der Waals surface area (Å²) in [5.74, 6) is -4.59. The fourth-order valence-corrected chi connectivity index (χ4v) is 13.6. The third kappa shape index (κ3) is 5.38. The Kier molecular flexibility index (Phi) is 8.66. The predicted octanol–water partition coefficient (Wildman–Crippen LogP) is 10.9. The average Bonchev–Trinajstić information content (AvgIpc) is 3.81. The zero-order valence-corrected chi connectivity index (χ0v) is 30.5. The SMILES string of the molecule is FC(F)(F)C1(C(F)(F)F)OC2C1C1CCC2(COc2ccccc2[S+](c2ccccc2)c2ccccc2OCC23CCC(C2)C2C3OC2(C(F)(F)F)C(F)(F)F)C1. The number of fused-ring (bicyclic) bond motifs is 10. The molecular formula is C40H35F12O4S+. The molecule has 2 heterocycles. The van der Waals surface area contributed by atoms with Crippen LogP contribution in [-0.4, -0.2) is 61.3 Å². The van der Waals surface area contributed by atoms with Gasteiger partial charge in [0.2, 0.25) is 9.79 Å². The summed E-state index contributed by atoms with van der Waals surface area (Å²) in [6.07, 6.45) is -24.0. The fraction of sp³-hybridized carbons (Fsp3) is 0.550. The van der Waals surface area contributed by atoms with Crippen molar-refractivity contribution in [2.24, 2.45) is 34.5 Å². The summed E-state index contributed by atoms with van der Waals surface area (Å²) in [7, 11) is -1.04. The molecule has 4 nitrogen and oxygen atoms in total. The van der Waals surface area contributed by atoms with E-state index in [9.17, 15) is 52.7 Å². The van der Waals surface area contributed by atoms with E-state index in [1.807, 2.05) is 12.1 Å². The van der Waals surface area contributed by atoms with Crippen molar-refractivity contribution in [3.63, 3.8) is 0 Å². The Labute approximate surface area is 321 Å². The first-order valence-corrected chi connectivity index (χ1v) is 19.8. The van der Waals surface area contributed by atoms with E-state index >= 15 is 0 Å². The van der Waals surface area contributed by atoms with Crippen LogP contribution in [0.25, 0.3) is 0 Å². The molecule has 6 aliphatic rings. The quantitative estimate of drug-likeness (QED) is 0.159. The van der Waals surface area contributed by atoms with Crippen LogP contribution >= 0.6 is 0 Å². The van der Waals surface area contributed by atoms with Gasteiger partial charge >= 0.3 is 24.7 Å². The maximum absolute atomic E-state index is 14.1. The van der Waals surface area contributed by atoms with Crippen molar-refractivity contribution in [3.05, 3.63) is 78.9 Å². The Hall–Kier alpha value is -3.31. The molecule has 4 aliphatic carbocycles. The van der Waals surface area contributed by atoms with Gasteiger partial charge in [0.15, 0.2) is 16.4 Å². The molecule has 3 aromatic rings. The van der Waals surface area contributed by atoms with Crippen molar-refractivity contribution < 1.29 is 71.6 Å². The summed E-state index contributed by atoms with van der Waals surface area (Å²) in [6.45, 7) is -0.387. The lowest BCUT2D eigenvalue weighted by molar-refractivity contribution is -0.476. The Morgan fingerprint density at radius 1 is 0.526 bits per heavy atom. The molecule has 0 radical (unpaired) electrons. The van der Waals surface area contributed by atoms with Crippen molar-refractivity contribution in [3.8, 4) is 11.5 Å². The molecule has 9 rings (SSSR count). The first-order chi connectivity index (χ1) is 26.7. The molecule has 8 unspecified atom stereocenters. The number of alkyl halides is 12. The number of benzene rings is 3. The molecule has 57 heavy (non-hydrogen) atoms. The largest absolute Gasteiger partial charge is 0.488 e. The van der Waals surface area contributed by atoms with E-state index in [1.165, 1.54) is 0 Å². The molecule has 0 spiro atoms. The lowest BCUT2D eigenvalue weighted by atomic mass is 9.64. The van der Waals surface area contributed by atoms with Gasteiger partial charge in [-0.25, -0.2) is 0 Å². The number of hydrogen-bond acceptors (Lipinski definition) is 4. The maximum Gasteiger partial charge on any atom is 0.426 e. The Morgan fingerprint density at radius 3 is 1.28 bits per heavy atom. The Morgan fingerprint density at radius 2 is 0.895 bits per heavy atom. The zero-order valence-electron chi connectivity index (χ0n) is 29.7. The number of halogens is 12. The zero-order chi connectivity index (χ0) is 40.6. The summed E-state index contributed by atoms with van der Waals surface area (Å²) in [4.78, 5) is 1.99. The van der Waals surface area contributed by atoms with Crippen LogP contribution in [-0.2, 0) is 20.4 Å².